The van der Waals surface area contributed by atoms with Crippen molar-refractivity contribution >= 4 is 12.0 Å². The van der Waals surface area contributed by atoms with E-state index in [4.69, 9.17) is 4.74 Å². The Balaban J connectivity index is 2.28. The van der Waals surface area contributed by atoms with E-state index in [0.717, 1.165) is 12.1 Å². The zero-order chi connectivity index (χ0) is 14.7. The van der Waals surface area contributed by atoms with Crippen LogP contribution in [0, 0.1) is 22.9 Å². The monoisotopic (exact) mass is 276 g/mol. The molecule has 0 aliphatic heterocycles. The van der Waals surface area contributed by atoms with Gasteiger partial charge >= 0.3 is 5.69 Å². The van der Waals surface area contributed by atoms with Gasteiger partial charge in [-0.05, 0) is 19.1 Å². The van der Waals surface area contributed by atoms with Crippen LogP contribution in [0.15, 0.2) is 30.5 Å². The normalized spacial score (nSPS) is 10.1. The van der Waals surface area contributed by atoms with E-state index in [-0.39, 0.29) is 11.6 Å². The third-order valence-electron chi connectivity index (χ3n) is 2.52. The van der Waals surface area contributed by atoms with E-state index in [1.165, 1.54) is 12.3 Å². The van der Waals surface area contributed by atoms with E-state index < -0.39 is 16.4 Å². The maximum atomic E-state index is 13.4. The quantitative estimate of drug-likeness (QED) is 0.487. The molecule has 0 unspecified atom stereocenters. The number of halogens is 1. The Hall–Kier alpha value is -2.83. The molecule has 102 valence electrons. The number of carbonyl (C=O) groups is 1. The lowest BCUT2D eigenvalue weighted by Gasteiger charge is -2.07. The van der Waals surface area contributed by atoms with Crippen molar-refractivity contribution in [2.45, 2.75) is 6.92 Å². The molecule has 1 aromatic carbocycles. The molecule has 0 fully saturated rings. The van der Waals surface area contributed by atoms with Crippen LogP contribution < -0.4 is 4.74 Å². The van der Waals surface area contributed by atoms with E-state index in [0.29, 0.717) is 17.4 Å². The van der Waals surface area contributed by atoms with Gasteiger partial charge in [-0.25, -0.2) is 4.98 Å². The summed E-state index contributed by atoms with van der Waals surface area (Å²) in [5.41, 5.74) is 0.358. The Kier molecular flexibility index (Phi) is 3.69. The predicted molar refractivity (Wildman–Crippen MR) is 67.5 cm³/mol. The maximum Gasteiger partial charge on any atom is 0.305 e. The number of nitrogens with zero attached hydrogens (tertiary/aromatic N) is 2. The number of carbonyl (C=O) groups excluding carboxylic acids is 1. The van der Waals surface area contributed by atoms with Crippen LogP contribution in [0.2, 0.25) is 0 Å². The molecule has 7 heteroatoms. The lowest BCUT2D eigenvalue weighted by Crippen LogP contribution is -1.96. The number of pyridine rings is 1. The molecule has 1 heterocycles. The Morgan fingerprint density at radius 1 is 1.40 bits per heavy atom. The van der Waals surface area contributed by atoms with Crippen molar-refractivity contribution in [1.29, 1.82) is 0 Å². The van der Waals surface area contributed by atoms with Crippen LogP contribution in [-0.4, -0.2) is 16.2 Å². The number of aldehydes is 1. The van der Waals surface area contributed by atoms with Gasteiger partial charge in [0.25, 0.3) is 0 Å². The van der Waals surface area contributed by atoms with Gasteiger partial charge in [0.15, 0.2) is 6.29 Å². The summed E-state index contributed by atoms with van der Waals surface area (Å²) in [7, 11) is 0. The fraction of sp³-hybridized carbons (Fsp3) is 0.0769. The van der Waals surface area contributed by atoms with Crippen LogP contribution in [0.25, 0.3) is 0 Å². The maximum absolute atomic E-state index is 13.4. The molecule has 20 heavy (non-hydrogen) atoms. The van der Waals surface area contributed by atoms with E-state index in [1.807, 2.05) is 0 Å². The summed E-state index contributed by atoms with van der Waals surface area (Å²) in [6.07, 6.45) is 1.96. The number of benzene rings is 1. The minimum Gasteiger partial charge on any atom is -0.439 e. The van der Waals surface area contributed by atoms with Gasteiger partial charge in [0.05, 0.1) is 4.92 Å². The number of ether oxygens (including phenoxy) is 1. The molecule has 0 bridgehead atoms. The van der Waals surface area contributed by atoms with Gasteiger partial charge in [-0.1, -0.05) is 0 Å². The average Bonchev–Trinajstić information content (AvgIpc) is 2.40. The van der Waals surface area contributed by atoms with Gasteiger partial charge in [-0.3, -0.25) is 14.9 Å². The van der Waals surface area contributed by atoms with Crippen LogP contribution in [0.4, 0.5) is 10.1 Å². The van der Waals surface area contributed by atoms with Crippen LogP contribution in [-0.2, 0) is 0 Å². The Labute approximate surface area is 113 Å². The summed E-state index contributed by atoms with van der Waals surface area (Å²) in [5.74, 6) is -0.707. The lowest BCUT2D eigenvalue weighted by molar-refractivity contribution is -0.387. The highest BCUT2D eigenvalue weighted by Gasteiger charge is 2.15. The van der Waals surface area contributed by atoms with E-state index in [2.05, 4.69) is 4.98 Å². The van der Waals surface area contributed by atoms with E-state index in [9.17, 15) is 19.3 Å². The van der Waals surface area contributed by atoms with Crippen molar-refractivity contribution < 1.29 is 18.8 Å². The second-order valence-electron chi connectivity index (χ2n) is 3.98. The smallest absolute Gasteiger partial charge is 0.305 e. The van der Waals surface area contributed by atoms with Crippen LogP contribution in [0.5, 0.6) is 11.6 Å². The lowest BCUT2D eigenvalue weighted by atomic mass is 10.2. The van der Waals surface area contributed by atoms with Crippen LogP contribution in [0.3, 0.4) is 0 Å². The Morgan fingerprint density at radius 2 is 2.15 bits per heavy atom. The van der Waals surface area contributed by atoms with E-state index >= 15 is 0 Å². The summed E-state index contributed by atoms with van der Waals surface area (Å²) in [5, 5.41) is 10.5. The van der Waals surface area contributed by atoms with Crippen molar-refractivity contribution in [1.82, 2.24) is 4.98 Å². The second-order valence-corrected chi connectivity index (χ2v) is 3.98. The van der Waals surface area contributed by atoms with Gasteiger partial charge in [-0.15, -0.1) is 0 Å². The molecule has 0 saturated heterocycles. The van der Waals surface area contributed by atoms with Crippen molar-refractivity contribution in [2.75, 3.05) is 0 Å². The Morgan fingerprint density at radius 3 is 2.70 bits per heavy atom. The SMILES string of the molecule is Cc1cc(C=O)cnc1Oc1ccc([N+](=O)[O-])c(F)c1. The molecule has 2 rings (SSSR count). The molecule has 0 spiro atoms. The van der Waals surface area contributed by atoms with Gasteiger partial charge in [-0.2, -0.15) is 4.39 Å². The molecule has 0 N–H and O–H groups in total. The highest BCUT2D eigenvalue weighted by atomic mass is 19.1. The third-order valence-corrected chi connectivity index (χ3v) is 2.52. The molecule has 0 aliphatic rings. The van der Waals surface area contributed by atoms with Crippen molar-refractivity contribution in [2.24, 2.45) is 0 Å². The highest BCUT2D eigenvalue weighted by molar-refractivity contribution is 5.74. The molecule has 0 aliphatic carbocycles. The topological polar surface area (TPSA) is 82.3 Å². The van der Waals surface area contributed by atoms with Gasteiger partial charge < -0.3 is 4.74 Å². The summed E-state index contributed by atoms with van der Waals surface area (Å²) >= 11 is 0. The number of hydrogen-bond acceptors (Lipinski definition) is 5. The second kappa shape index (κ2) is 5.43. The summed E-state index contributed by atoms with van der Waals surface area (Å²) < 4.78 is 18.8. The standard InChI is InChI=1S/C13H9FN2O4/c1-8-4-9(7-17)6-15-13(8)20-10-2-3-12(16(18)19)11(14)5-10/h2-7H,1H3. The minimum absolute atomic E-state index is 0.0857. The fourth-order valence-corrected chi connectivity index (χ4v) is 1.57. The zero-order valence-electron chi connectivity index (χ0n) is 10.4. The summed E-state index contributed by atoms with van der Waals surface area (Å²) in [4.78, 5) is 24.2. The first kappa shape index (κ1) is 13.6. The summed E-state index contributed by atoms with van der Waals surface area (Å²) in [6.45, 7) is 1.68. The number of aromatic nitrogens is 1. The number of nitro groups is 1. The molecule has 0 amide bonds. The molecule has 0 saturated carbocycles. The van der Waals surface area contributed by atoms with Crippen LogP contribution >= 0.6 is 0 Å². The fourth-order valence-electron chi connectivity index (χ4n) is 1.57. The number of hydrogen-bond donors (Lipinski definition) is 0. The summed E-state index contributed by atoms with van der Waals surface area (Å²) in [6, 6.07) is 4.76. The van der Waals surface area contributed by atoms with Gasteiger partial charge in [0.2, 0.25) is 11.7 Å². The van der Waals surface area contributed by atoms with E-state index in [1.54, 1.807) is 13.0 Å². The minimum atomic E-state index is -0.991. The predicted octanol–water partition coefficient (Wildman–Crippen LogP) is 3.04. The van der Waals surface area contributed by atoms with Crippen molar-refractivity contribution in [3.05, 3.63) is 57.5 Å². The highest BCUT2D eigenvalue weighted by Crippen LogP contribution is 2.27. The molecule has 0 radical (unpaired) electrons. The van der Waals surface area contributed by atoms with Crippen molar-refractivity contribution in [3.63, 3.8) is 0 Å². The number of rotatable bonds is 4. The first-order valence-electron chi connectivity index (χ1n) is 5.55. The number of aryl methyl sites for hydroxylation is 1. The molecule has 6 nitrogen and oxygen atoms in total. The molecular weight excluding hydrogens is 267 g/mol. The third kappa shape index (κ3) is 2.77. The molecular formula is C13H9FN2O4. The average molecular weight is 276 g/mol. The first-order chi connectivity index (χ1) is 9.51. The van der Waals surface area contributed by atoms with Gasteiger partial charge in [0.1, 0.15) is 5.75 Å². The number of nitro benzene ring substituents is 1. The molecule has 0 atom stereocenters. The Bertz CT molecular complexity index is 688. The first-order valence-corrected chi connectivity index (χ1v) is 5.55. The molecule has 2 aromatic rings. The van der Waals surface area contributed by atoms with Crippen molar-refractivity contribution in [3.8, 4) is 11.6 Å². The van der Waals surface area contributed by atoms with Crippen LogP contribution in [0.1, 0.15) is 15.9 Å². The largest absolute Gasteiger partial charge is 0.439 e. The molecule has 1 aromatic heterocycles. The zero-order valence-corrected chi connectivity index (χ0v) is 10.4. The van der Waals surface area contributed by atoms with Gasteiger partial charge in [0, 0.05) is 29.5 Å².